The lowest BCUT2D eigenvalue weighted by atomic mass is 9.81. The van der Waals surface area contributed by atoms with Crippen molar-refractivity contribution in [1.82, 2.24) is 5.32 Å². The van der Waals surface area contributed by atoms with Gasteiger partial charge in [-0.3, -0.25) is 10.1 Å². The van der Waals surface area contributed by atoms with Crippen LogP contribution in [0.2, 0.25) is 0 Å². The molecule has 0 radical (unpaired) electrons. The smallest absolute Gasteiger partial charge is 0.336 e. The Hall–Kier alpha value is -3.30. The van der Waals surface area contributed by atoms with Crippen molar-refractivity contribution in [2.45, 2.75) is 19.8 Å². The van der Waals surface area contributed by atoms with Gasteiger partial charge in [0.1, 0.15) is 0 Å². The van der Waals surface area contributed by atoms with Crippen LogP contribution in [0, 0.1) is 32.8 Å². The molecule has 0 saturated heterocycles. The van der Waals surface area contributed by atoms with Crippen LogP contribution in [-0.2, 0) is 9.53 Å². The molecule has 1 N–H and O–H groups in total. The second-order valence-corrected chi connectivity index (χ2v) is 6.81. The summed E-state index contributed by atoms with van der Waals surface area (Å²) in [4.78, 5) is 23.4. The highest BCUT2D eigenvalue weighted by atomic mass is 32.2. The van der Waals surface area contributed by atoms with Crippen LogP contribution < -0.4 is 5.32 Å². The topological polar surface area (TPSA) is 129 Å². The minimum atomic E-state index is -0.789. The van der Waals surface area contributed by atoms with E-state index in [0.29, 0.717) is 22.7 Å². The van der Waals surface area contributed by atoms with Crippen molar-refractivity contribution in [2.75, 3.05) is 18.1 Å². The van der Waals surface area contributed by atoms with Crippen molar-refractivity contribution in [1.29, 1.82) is 10.5 Å². The largest absolute Gasteiger partial charge is 0.463 e. The van der Waals surface area contributed by atoms with Gasteiger partial charge in [-0.1, -0.05) is 12.1 Å². The molecule has 0 amide bonds. The van der Waals surface area contributed by atoms with Crippen LogP contribution in [0.1, 0.15) is 25.3 Å². The zero-order valence-corrected chi connectivity index (χ0v) is 16.2. The standard InChI is InChI=1S/C19H18N4O4S/c1-3-27-19(24)18-16(11-28-8-7-20)22-12(2)15(10-21)17(18)13-5-4-6-14(9-13)23(25)26/h4-6,9,17,22H,3,8,11H2,1-2H3. The van der Waals surface area contributed by atoms with E-state index in [9.17, 15) is 20.2 Å². The van der Waals surface area contributed by atoms with Crippen molar-refractivity contribution in [2.24, 2.45) is 0 Å². The first-order valence-corrected chi connectivity index (χ1v) is 9.57. The Balaban J connectivity index is 2.65. The Kier molecular flexibility index (Phi) is 7.19. The molecule has 0 spiro atoms. The number of nitro benzene ring substituents is 1. The molecule has 1 heterocycles. The van der Waals surface area contributed by atoms with Crippen LogP contribution in [0.25, 0.3) is 0 Å². The third-order valence-electron chi connectivity index (χ3n) is 4.09. The quantitative estimate of drug-likeness (QED) is 0.321. The lowest BCUT2D eigenvalue weighted by Gasteiger charge is -2.29. The maximum absolute atomic E-state index is 12.8. The van der Waals surface area contributed by atoms with Crippen LogP contribution in [0.15, 0.2) is 46.8 Å². The molecule has 144 valence electrons. The van der Waals surface area contributed by atoms with Crippen LogP contribution in [0.5, 0.6) is 0 Å². The number of thioether (sulfide) groups is 1. The van der Waals surface area contributed by atoms with Crippen molar-refractivity contribution in [3.05, 3.63) is 62.5 Å². The van der Waals surface area contributed by atoms with E-state index in [1.54, 1.807) is 19.9 Å². The summed E-state index contributed by atoms with van der Waals surface area (Å²) in [6, 6.07) is 10.0. The summed E-state index contributed by atoms with van der Waals surface area (Å²) < 4.78 is 5.20. The van der Waals surface area contributed by atoms with Gasteiger partial charge in [0.2, 0.25) is 0 Å². The molecule has 1 unspecified atom stereocenters. The zero-order valence-electron chi connectivity index (χ0n) is 15.4. The first kappa shape index (κ1) is 21.0. The molecule has 8 nitrogen and oxygen atoms in total. The second kappa shape index (κ2) is 9.58. The summed E-state index contributed by atoms with van der Waals surface area (Å²) in [5, 5.41) is 32.7. The van der Waals surface area contributed by atoms with E-state index in [1.807, 2.05) is 6.07 Å². The summed E-state index contributed by atoms with van der Waals surface area (Å²) in [6.07, 6.45) is 0. The number of benzene rings is 1. The minimum Gasteiger partial charge on any atom is -0.463 e. The van der Waals surface area contributed by atoms with Gasteiger partial charge in [0, 0.05) is 29.3 Å². The minimum absolute atomic E-state index is 0.130. The Morgan fingerprint density at radius 1 is 1.43 bits per heavy atom. The Bertz CT molecular complexity index is 940. The molecule has 1 aliphatic heterocycles. The number of nitriles is 2. The highest BCUT2D eigenvalue weighted by Crippen LogP contribution is 2.39. The highest BCUT2D eigenvalue weighted by molar-refractivity contribution is 7.99. The summed E-state index contributed by atoms with van der Waals surface area (Å²) >= 11 is 1.31. The van der Waals surface area contributed by atoms with Gasteiger partial charge in [0.15, 0.2) is 0 Å². The Morgan fingerprint density at radius 3 is 2.79 bits per heavy atom. The monoisotopic (exact) mass is 398 g/mol. The average Bonchev–Trinajstić information content (AvgIpc) is 2.67. The number of hydrogen-bond acceptors (Lipinski definition) is 8. The number of allylic oxidation sites excluding steroid dienone is 2. The van der Waals surface area contributed by atoms with Crippen LogP contribution in [-0.4, -0.2) is 29.0 Å². The number of carbonyl (C=O) groups is 1. The van der Waals surface area contributed by atoms with E-state index < -0.39 is 16.8 Å². The van der Waals surface area contributed by atoms with Crippen molar-refractivity contribution in [3.8, 4) is 12.1 Å². The average molecular weight is 398 g/mol. The zero-order chi connectivity index (χ0) is 20.7. The molecule has 1 aromatic rings. The van der Waals surface area contributed by atoms with Gasteiger partial charge in [0.25, 0.3) is 5.69 Å². The molecule has 0 aromatic heterocycles. The van der Waals surface area contributed by atoms with Gasteiger partial charge in [-0.15, -0.1) is 11.8 Å². The predicted octanol–water partition coefficient (Wildman–Crippen LogP) is 3.15. The molecule has 0 saturated carbocycles. The lowest BCUT2D eigenvalue weighted by molar-refractivity contribution is -0.384. The molecule has 1 aromatic carbocycles. The molecule has 1 atom stereocenters. The van der Waals surface area contributed by atoms with Gasteiger partial charge in [-0.2, -0.15) is 10.5 Å². The van der Waals surface area contributed by atoms with E-state index in [4.69, 9.17) is 10.00 Å². The van der Waals surface area contributed by atoms with Crippen molar-refractivity contribution < 1.29 is 14.5 Å². The molecule has 2 rings (SSSR count). The van der Waals surface area contributed by atoms with Crippen LogP contribution in [0.3, 0.4) is 0 Å². The molecule has 9 heteroatoms. The lowest BCUT2D eigenvalue weighted by Crippen LogP contribution is -2.31. The van der Waals surface area contributed by atoms with Crippen LogP contribution in [0.4, 0.5) is 5.69 Å². The van der Waals surface area contributed by atoms with E-state index in [1.165, 1.54) is 30.0 Å². The van der Waals surface area contributed by atoms with Gasteiger partial charge >= 0.3 is 5.97 Å². The number of ether oxygens (including phenoxy) is 1. The number of rotatable bonds is 7. The summed E-state index contributed by atoms with van der Waals surface area (Å²) in [7, 11) is 0. The van der Waals surface area contributed by atoms with Gasteiger partial charge in [0.05, 0.1) is 46.5 Å². The third-order valence-corrected chi connectivity index (χ3v) is 4.91. The van der Waals surface area contributed by atoms with E-state index in [2.05, 4.69) is 11.4 Å². The maximum atomic E-state index is 12.8. The Morgan fingerprint density at radius 2 is 2.18 bits per heavy atom. The first-order valence-electron chi connectivity index (χ1n) is 8.41. The molecular formula is C19H18N4O4S. The summed E-state index contributed by atoms with van der Waals surface area (Å²) in [6.45, 7) is 3.53. The normalized spacial score (nSPS) is 16.1. The van der Waals surface area contributed by atoms with Crippen LogP contribution >= 0.6 is 11.8 Å². The fraction of sp³-hybridized carbons (Fsp3) is 0.316. The fourth-order valence-corrected chi connectivity index (χ4v) is 3.58. The molecule has 1 aliphatic rings. The third kappa shape index (κ3) is 4.51. The van der Waals surface area contributed by atoms with E-state index in [0.717, 1.165) is 0 Å². The van der Waals surface area contributed by atoms with E-state index >= 15 is 0 Å². The first-order chi connectivity index (χ1) is 13.4. The van der Waals surface area contributed by atoms with E-state index in [-0.39, 0.29) is 29.2 Å². The SMILES string of the molecule is CCOC(=O)C1=C(CSCC#N)NC(C)=C(C#N)C1c1cccc([N+](=O)[O-])c1. The number of nitrogens with one attached hydrogen (secondary N) is 1. The van der Waals surface area contributed by atoms with Gasteiger partial charge in [-0.25, -0.2) is 4.79 Å². The fourth-order valence-electron chi connectivity index (χ4n) is 2.96. The summed E-state index contributed by atoms with van der Waals surface area (Å²) in [5.41, 5.74) is 1.94. The number of dihydropyridines is 1. The van der Waals surface area contributed by atoms with Gasteiger partial charge in [-0.05, 0) is 19.4 Å². The number of esters is 1. The molecule has 0 bridgehead atoms. The number of nitro groups is 1. The van der Waals surface area contributed by atoms with Crippen molar-refractivity contribution in [3.63, 3.8) is 0 Å². The van der Waals surface area contributed by atoms with Gasteiger partial charge < -0.3 is 10.1 Å². The number of non-ortho nitro benzene ring substituents is 1. The molecular weight excluding hydrogens is 380 g/mol. The number of carbonyl (C=O) groups excluding carboxylic acids is 1. The van der Waals surface area contributed by atoms with Crippen molar-refractivity contribution >= 4 is 23.4 Å². The molecule has 0 fully saturated rings. The second-order valence-electron chi connectivity index (χ2n) is 5.82. The Labute approximate surface area is 166 Å². The predicted molar refractivity (Wildman–Crippen MR) is 104 cm³/mol. The molecule has 0 aliphatic carbocycles. The molecule has 28 heavy (non-hydrogen) atoms. The highest BCUT2D eigenvalue weighted by Gasteiger charge is 2.35. The summed E-state index contributed by atoms with van der Waals surface area (Å²) in [5.74, 6) is -0.818. The number of nitrogens with zero attached hydrogens (tertiary/aromatic N) is 3. The maximum Gasteiger partial charge on any atom is 0.336 e. The number of hydrogen-bond donors (Lipinski definition) is 1.